The number of nitrogens with one attached hydrogen (secondary N) is 1. The Bertz CT molecular complexity index is 1140. The Morgan fingerprint density at radius 3 is 2.71 bits per heavy atom. The molecule has 7 heteroatoms. The smallest absolute Gasteiger partial charge is 0.336 e. The van der Waals surface area contributed by atoms with Gasteiger partial charge in [-0.15, -0.1) is 0 Å². The van der Waals surface area contributed by atoms with E-state index in [2.05, 4.69) is 5.32 Å². The molecule has 1 aromatic heterocycles. The van der Waals surface area contributed by atoms with Crippen LogP contribution in [0, 0.1) is 0 Å². The van der Waals surface area contributed by atoms with Gasteiger partial charge >= 0.3 is 5.63 Å². The van der Waals surface area contributed by atoms with Gasteiger partial charge < -0.3 is 19.4 Å². The van der Waals surface area contributed by atoms with E-state index in [-0.39, 0.29) is 18.4 Å². The third kappa shape index (κ3) is 5.12. The fraction of sp³-hybridized carbons (Fsp3) is 0.292. The second kappa shape index (κ2) is 9.47. The van der Waals surface area contributed by atoms with Gasteiger partial charge in [-0.3, -0.25) is 9.59 Å². The van der Waals surface area contributed by atoms with Gasteiger partial charge in [0.2, 0.25) is 5.91 Å². The number of benzene rings is 2. The second-order valence-electron chi connectivity index (χ2n) is 7.48. The van der Waals surface area contributed by atoms with Gasteiger partial charge in [0.05, 0.1) is 0 Å². The van der Waals surface area contributed by atoms with Crippen molar-refractivity contribution in [2.45, 2.75) is 19.3 Å². The third-order valence-corrected chi connectivity index (χ3v) is 5.27. The molecule has 160 valence electrons. The molecule has 0 saturated carbocycles. The molecule has 2 heterocycles. The SMILES string of the molecule is O=C(COc1ccc2c(-c3ccccc3)cc(=O)oc2c1)NCCCN1CCCC1=O. The van der Waals surface area contributed by atoms with Crippen LogP contribution in [0.25, 0.3) is 22.1 Å². The van der Waals surface area contributed by atoms with Gasteiger partial charge in [-0.2, -0.15) is 0 Å². The molecule has 1 aliphatic rings. The fourth-order valence-corrected chi connectivity index (χ4v) is 3.73. The molecule has 1 fully saturated rings. The van der Waals surface area contributed by atoms with Crippen molar-refractivity contribution in [3.8, 4) is 16.9 Å². The van der Waals surface area contributed by atoms with E-state index >= 15 is 0 Å². The lowest BCUT2D eigenvalue weighted by Crippen LogP contribution is -2.33. The largest absolute Gasteiger partial charge is 0.484 e. The quantitative estimate of drug-likeness (QED) is 0.447. The Kier molecular flexibility index (Phi) is 6.31. The summed E-state index contributed by atoms with van der Waals surface area (Å²) >= 11 is 0. The highest BCUT2D eigenvalue weighted by atomic mass is 16.5. The van der Waals surface area contributed by atoms with Gasteiger partial charge in [0.1, 0.15) is 11.3 Å². The first-order valence-electron chi connectivity index (χ1n) is 10.4. The maximum absolute atomic E-state index is 12.0. The minimum atomic E-state index is -0.447. The molecule has 1 N–H and O–H groups in total. The summed E-state index contributed by atoms with van der Waals surface area (Å²) < 4.78 is 10.9. The molecule has 0 unspecified atom stereocenters. The Morgan fingerprint density at radius 2 is 1.94 bits per heavy atom. The molecule has 7 nitrogen and oxygen atoms in total. The number of amides is 2. The number of likely N-dealkylation sites (tertiary alicyclic amines) is 1. The lowest BCUT2D eigenvalue weighted by Gasteiger charge is -2.15. The molecular formula is C24H24N2O5. The van der Waals surface area contributed by atoms with Crippen molar-refractivity contribution in [2.24, 2.45) is 0 Å². The van der Waals surface area contributed by atoms with E-state index in [0.29, 0.717) is 37.3 Å². The van der Waals surface area contributed by atoms with Gasteiger partial charge in [-0.1, -0.05) is 30.3 Å². The van der Waals surface area contributed by atoms with Crippen LogP contribution in [0.3, 0.4) is 0 Å². The number of hydrogen-bond donors (Lipinski definition) is 1. The zero-order chi connectivity index (χ0) is 21.6. The zero-order valence-electron chi connectivity index (χ0n) is 17.1. The number of ether oxygens (including phenoxy) is 1. The highest BCUT2D eigenvalue weighted by molar-refractivity contribution is 5.93. The maximum atomic E-state index is 12.0. The summed E-state index contributed by atoms with van der Waals surface area (Å²) in [6.45, 7) is 1.81. The third-order valence-electron chi connectivity index (χ3n) is 5.27. The Labute approximate surface area is 179 Å². The van der Waals surface area contributed by atoms with E-state index in [0.717, 1.165) is 29.5 Å². The minimum absolute atomic E-state index is 0.142. The van der Waals surface area contributed by atoms with Crippen molar-refractivity contribution in [1.82, 2.24) is 10.2 Å². The lowest BCUT2D eigenvalue weighted by atomic mass is 10.0. The molecule has 1 saturated heterocycles. The number of rotatable bonds is 8. The summed E-state index contributed by atoms with van der Waals surface area (Å²) in [5.74, 6) is 0.388. The van der Waals surface area contributed by atoms with Crippen molar-refractivity contribution >= 4 is 22.8 Å². The minimum Gasteiger partial charge on any atom is -0.484 e. The van der Waals surface area contributed by atoms with Gasteiger partial charge in [0.15, 0.2) is 6.61 Å². The number of carbonyl (C=O) groups excluding carboxylic acids is 2. The van der Waals surface area contributed by atoms with Crippen LogP contribution in [0.2, 0.25) is 0 Å². The average molecular weight is 420 g/mol. The molecule has 1 aliphatic heterocycles. The first-order chi connectivity index (χ1) is 15.1. The highest BCUT2D eigenvalue weighted by Crippen LogP contribution is 2.29. The highest BCUT2D eigenvalue weighted by Gasteiger charge is 2.19. The molecule has 3 aromatic rings. The van der Waals surface area contributed by atoms with Crippen molar-refractivity contribution in [1.29, 1.82) is 0 Å². The fourth-order valence-electron chi connectivity index (χ4n) is 3.73. The Morgan fingerprint density at radius 1 is 1.10 bits per heavy atom. The molecule has 0 bridgehead atoms. The first kappa shape index (κ1) is 20.7. The van der Waals surface area contributed by atoms with Crippen LogP contribution in [0.15, 0.2) is 63.8 Å². The van der Waals surface area contributed by atoms with Crippen molar-refractivity contribution in [3.05, 3.63) is 65.0 Å². The Hall–Kier alpha value is -3.61. The van der Waals surface area contributed by atoms with Crippen LogP contribution >= 0.6 is 0 Å². The predicted octanol–water partition coefficient (Wildman–Crippen LogP) is 2.97. The summed E-state index contributed by atoms with van der Waals surface area (Å²) in [6.07, 6.45) is 2.25. The van der Waals surface area contributed by atoms with Crippen LogP contribution in [0.1, 0.15) is 19.3 Å². The van der Waals surface area contributed by atoms with Crippen molar-refractivity contribution < 1.29 is 18.7 Å². The average Bonchev–Trinajstić information content (AvgIpc) is 3.19. The van der Waals surface area contributed by atoms with Crippen molar-refractivity contribution in [3.63, 3.8) is 0 Å². The first-order valence-corrected chi connectivity index (χ1v) is 10.4. The topological polar surface area (TPSA) is 88.8 Å². The van der Waals surface area contributed by atoms with E-state index in [1.54, 1.807) is 12.1 Å². The zero-order valence-corrected chi connectivity index (χ0v) is 17.1. The summed E-state index contributed by atoms with van der Waals surface area (Å²) in [6, 6.07) is 16.3. The normalized spacial score (nSPS) is 13.5. The van der Waals surface area contributed by atoms with E-state index in [1.165, 1.54) is 6.07 Å². The lowest BCUT2D eigenvalue weighted by molar-refractivity contribution is -0.127. The molecule has 4 rings (SSSR count). The van der Waals surface area contributed by atoms with Crippen LogP contribution in [0.4, 0.5) is 0 Å². The maximum Gasteiger partial charge on any atom is 0.336 e. The second-order valence-corrected chi connectivity index (χ2v) is 7.48. The standard InChI is InChI=1S/C24H24N2O5/c27-22(25-11-5-13-26-12-4-8-23(26)28)16-30-18-9-10-19-20(17-6-2-1-3-7-17)15-24(29)31-21(19)14-18/h1-3,6-7,9-10,14-15H,4-5,8,11-13,16H2,(H,25,27). The van der Waals surface area contributed by atoms with Gasteiger partial charge in [0, 0.05) is 43.6 Å². The summed E-state index contributed by atoms with van der Waals surface area (Å²) in [7, 11) is 0. The van der Waals surface area contributed by atoms with Gasteiger partial charge in [-0.05, 0) is 36.1 Å². The van der Waals surface area contributed by atoms with Crippen LogP contribution in [-0.4, -0.2) is 43.0 Å². The summed E-state index contributed by atoms with van der Waals surface area (Å²) in [5.41, 5.74) is 1.66. The summed E-state index contributed by atoms with van der Waals surface area (Å²) in [4.78, 5) is 37.5. The van der Waals surface area contributed by atoms with Crippen LogP contribution in [0.5, 0.6) is 5.75 Å². The number of carbonyl (C=O) groups is 2. The van der Waals surface area contributed by atoms with E-state index < -0.39 is 5.63 Å². The van der Waals surface area contributed by atoms with Crippen LogP contribution in [-0.2, 0) is 9.59 Å². The molecule has 31 heavy (non-hydrogen) atoms. The molecule has 0 atom stereocenters. The molecular weight excluding hydrogens is 396 g/mol. The molecule has 2 amide bonds. The van der Waals surface area contributed by atoms with Gasteiger partial charge in [0.25, 0.3) is 5.91 Å². The van der Waals surface area contributed by atoms with E-state index in [9.17, 15) is 14.4 Å². The molecule has 0 radical (unpaired) electrons. The molecule has 2 aromatic carbocycles. The van der Waals surface area contributed by atoms with Crippen molar-refractivity contribution in [2.75, 3.05) is 26.2 Å². The summed E-state index contributed by atoms with van der Waals surface area (Å²) in [5, 5.41) is 3.58. The van der Waals surface area contributed by atoms with E-state index in [1.807, 2.05) is 41.3 Å². The van der Waals surface area contributed by atoms with Gasteiger partial charge in [-0.25, -0.2) is 4.79 Å². The number of nitrogens with zero attached hydrogens (tertiary/aromatic N) is 1. The number of fused-ring (bicyclic) bond motifs is 1. The molecule has 0 spiro atoms. The van der Waals surface area contributed by atoms with E-state index in [4.69, 9.17) is 9.15 Å². The Balaban J connectivity index is 1.34. The number of hydrogen-bond acceptors (Lipinski definition) is 5. The monoisotopic (exact) mass is 420 g/mol. The van der Waals surface area contributed by atoms with Crippen LogP contribution < -0.4 is 15.7 Å². The molecule has 0 aliphatic carbocycles. The predicted molar refractivity (Wildman–Crippen MR) is 117 cm³/mol.